The summed E-state index contributed by atoms with van der Waals surface area (Å²) in [5.74, 6) is 1.48. The van der Waals surface area contributed by atoms with Crippen LogP contribution in [0.2, 0.25) is 0 Å². The molecule has 0 radical (unpaired) electrons. The molecule has 23 heavy (non-hydrogen) atoms. The van der Waals surface area contributed by atoms with Crippen molar-refractivity contribution in [1.29, 1.82) is 0 Å². The fourth-order valence-electron chi connectivity index (χ4n) is 3.17. The van der Waals surface area contributed by atoms with E-state index >= 15 is 0 Å². The quantitative estimate of drug-likeness (QED) is 0.814. The zero-order valence-electron chi connectivity index (χ0n) is 13.9. The number of fused-ring (bicyclic) bond motifs is 1. The van der Waals surface area contributed by atoms with Crippen molar-refractivity contribution >= 4 is 16.6 Å². The van der Waals surface area contributed by atoms with Gasteiger partial charge < -0.3 is 0 Å². The van der Waals surface area contributed by atoms with E-state index in [1.807, 2.05) is 38.3 Å². The van der Waals surface area contributed by atoms with E-state index in [0.717, 1.165) is 28.1 Å². The summed E-state index contributed by atoms with van der Waals surface area (Å²) in [6.45, 7) is 4.03. The van der Waals surface area contributed by atoms with Crippen LogP contribution in [0.1, 0.15) is 63.4 Å². The number of aromatic nitrogens is 4. The molecule has 4 heteroatoms. The largest absolute Gasteiger partial charge is 0.274 e. The second-order valence-electron chi connectivity index (χ2n) is 6.03. The number of rotatable bonds is 4. The number of hydrogen-bond acceptors (Lipinski definition) is 3. The molecule has 1 fully saturated rings. The topological polar surface area (TPSA) is 54.5 Å². The molecule has 0 saturated heterocycles. The van der Waals surface area contributed by atoms with Crippen LogP contribution in [0.5, 0.6) is 0 Å². The van der Waals surface area contributed by atoms with Crippen molar-refractivity contribution in [1.82, 2.24) is 20.2 Å². The van der Waals surface area contributed by atoms with E-state index in [2.05, 4.69) is 27.3 Å². The van der Waals surface area contributed by atoms with Gasteiger partial charge >= 0.3 is 0 Å². The van der Waals surface area contributed by atoms with Crippen LogP contribution in [-0.2, 0) is 0 Å². The fraction of sp³-hybridized carbons (Fsp3) is 0.421. The molecule has 2 aromatic heterocycles. The minimum Gasteiger partial charge on any atom is -0.274 e. The van der Waals surface area contributed by atoms with Crippen molar-refractivity contribution in [2.24, 2.45) is 0 Å². The first-order chi connectivity index (χ1) is 11.3. The third-order valence-electron chi connectivity index (χ3n) is 4.45. The van der Waals surface area contributed by atoms with Gasteiger partial charge in [0.1, 0.15) is 22.6 Å². The SMILES string of the molecule is C\C=C/C=C\C(=C/C)c1n[nH]c2cnc(C3CCCCC3)nc12. The van der Waals surface area contributed by atoms with Gasteiger partial charge in [-0.05, 0) is 32.3 Å². The molecule has 4 nitrogen and oxygen atoms in total. The van der Waals surface area contributed by atoms with Gasteiger partial charge in [-0.2, -0.15) is 5.10 Å². The Balaban J connectivity index is 1.97. The van der Waals surface area contributed by atoms with E-state index in [1.165, 1.54) is 32.1 Å². The Bertz CT molecular complexity index is 746. The smallest absolute Gasteiger partial charge is 0.132 e. The van der Waals surface area contributed by atoms with E-state index in [-0.39, 0.29) is 0 Å². The van der Waals surface area contributed by atoms with E-state index in [4.69, 9.17) is 4.98 Å². The van der Waals surface area contributed by atoms with Crippen molar-refractivity contribution in [3.63, 3.8) is 0 Å². The van der Waals surface area contributed by atoms with Crippen molar-refractivity contribution in [2.75, 3.05) is 0 Å². The van der Waals surface area contributed by atoms with E-state index in [0.29, 0.717) is 5.92 Å². The average Bonchev–Trinajstić information content (AvgIpc) is 3.03. The number of aromatic amines is 1. The van der Waals surface area contributed by atoms with Crippen LogP contribution >= 0.6 is 0 Å². The summed E-state index contributed by atoms with van der Waals surface area (Å²) in [5.41, 5.74) is 3.81. The van der Waals surface area contributed by atoms with E-state index in [1.54, 1.807) is 0 Å². The zero-order chi connectivity index (χ0) is 16.1. The van der Waals surface area contributed by atoms with Crippen molar-refractivity contribution in [3.8, 4) is 0 Å². The lowest BCUT2D eigenvalue weighted by Crippen LogP contribution is -2.08. The first-order valence-corrected chi connectivity index (χ1v) is 8.50. The number of H-pyrrole nitrogens is 1. The molecule has 1 N–H and O–H groups in total. The predicted octanol–water partition coefficient (Wildman–Crippen LogP) is 4.94. The van der Waals surface area contributed by atoms with Gasteiger partial charge in [0.2, 0.25) is 0 Å². The van der Waals surface area contributed by atoms with Gasteiger partial charge in [0.05, 0.1) is 6.20 Å². The number of nitrogens with one attached hydrogen (secondary N) is 1. The summed E-state index contributed by atoms with van der Waals surface area (Å²) in [7, 11) is 0. The normalized spacial score (nSPS) is 17.7. The van der Waals surface area contributed by atoms with Crippen LogP contribution in [0, 0.1) is 0 Å². The predicted molar refractivity (Wildman–Crippen MR) is 95.1 cm³/mol. The fourth-order valence-corrected chi connectivity index (χ4v) is 3.17. The van der Waals surface area contributed by atoms with Crippen LogP contribution < -0.4 is 0 Å². The second kappa shape index (κ2) is 7.36. The molecule has 120 valence electrons. The van der Waals surface area contributed by atoms with Crippen LogP contribution in [0.3, 0.4) is 0 Å². The van der Waals surface area contributed by atoms with Gasteiger partial charge in [0.15, 0.2) is 0 Å². The van der Waals surface area contributed by atoms with E-state index < -0.39 is 0 Å². The third kappa shape index (κ3) is 3.41. The molecule has 1 saturated carbocycles. The summed E-state index contributed by atoms with van der Waals surface area (Å²) in [5, 5.41) is 7.52. The molecular weight excluding hydrogens is 284 g/mol. The maximum Gasteiger partial charge on any atom is 0.132 e. The van der Waals surface area contributed by atoms with Crippen molar-refractivity contribution in [3.05, 3.63) is 48.1 Å². The van der Waals surface area contributed by atoms with Crippen molar-refractivity contribution in [2.45, 2.75) is 51.9 Å². The molecule has 0 aliphatic heterocycles. The average molecular weight is 308 g/mol. The molecule has 0 atom stereocenters. The Hall–Kier alpha value is -2.23. The highest BCUT2D eigenvalue weighted by molar-refractivity contribution is 5.89. The van der Waals surface area contributed by atoms with Crippen LogP contribution in [0.25, 0.3) is 16.6 Å². The summed E-state index contributed by atoms with van der Waals surface area (Å²) < 4.78 is 0. The molecule has 3 rings (SSSR count). The monoisotopic (exact) mass is 308 g/mol. The Morgan fingerprint density at radius 3 is 2.74 bits per heavy atom. The summed E-state index contributed by atoms with van der Waals surface area (Å²) in [4.78, 5) is 9.43. The zero-order valence-corrected chi connectivity index (χ0v) is 13.9. The lowest BCUT2D eigenvalue weighted by atomic mass is 9.88. The molecule has 0 bridgehead atoms. The Morgan fingerprint density at radius 2 is 2.00 bits per heavy atom. The first-order valence-electron chi connectivity index (χ1n) is 8.50. The lowest BCUT2D eigenvalue weighted by molar-refractivity contribution is 0.429. The highest BCUT2D eigenvalue weighted by atomic mass is 15.1. The van der Waals surface area contributed by atoms with Gasteiger partial charge in [-0.15, -0.1) is 0 Å². The lowest BCUT2D eigenvalue weighted by Gasteiger charge is -2.19. The molecule has 2 aromatic rings. The maximum atomic E-state index is 4.86. The van der Waals surface area contributed by atoms with Gasteiger partial charge in [-0.1, -0.05) is 49.6 Å². The van der Waals surface area contributed by atoms with E-state index in [9.17, 15) is 0 Å². The van der Waals surface area contributed by atoms with Gasteiger partial charge in [-0.25, -0.2) is 9.97 Å². The summed E-state index contributed by atoms with van der Waals surface area (Å²) >= 11 is 0. The summed E-state index contributed by atoms with van der Waals surface area (Å²) in [6, 6.07) is 0. The van der Waals surface area contributed by atoms with Gasteiger partial charge in [0.25, 0.3) is 0 Å². The molecule has 2 heterocycles. The summed E-state index contributed by atoms with van der Waals surface area (Å²) in [6.07, 6.45) is 18.4. The molecule has 1 aliphatic rings. The second-order valence-corrected chi connectivity index (χ2v) is 6.03. The molecule has 0 unspecified atom stereocenters. The van der Waals surface area contributed by atoms with Gasteiger partial charge in [-0.3, -0.25) is 5.10 Å². The van der Waals surface area contributed by atoms with Gasteiger partial charge in [0, 0.05) is 5.92 Å². The van der Waals surface area contributed by atoms with Crippen molar-refractivity contribution < 1.29 is 0 Å². The minimum absolute atomic E-state index is 0.503. The highest BCUT2D eigenvalue weighted by Crippen LogP contribution is 2.31. The molecule has 1 aliphatic carbocycles. The Kier molecular flexibility index (Phi) is 5.01. The minimum atomic E-state index is 0.503. The Morgan fingerprint density at radius 1 is 1.17 bits per heavy atom. The third-order valence-corrected chi connectivity index (χ3v) is 4.45. The van der Waals surface area contributed by atoms with Crippen LogP contribution in [0.15, 0.2) is 36.6 Å². The van der Waals surface area contributed by atoms with Crippen LogP contribution in [-0.4, -0.2) is 20.2 Å². The molecule has 0 amide bonds. The van der Waals surface area contributed by atoms with Crippen LogP contribution in [0.4, 0.5) is 0 Å². The number of allylic oxidation sites excluding steroid dienone is 6. The standard InChI is InChI=1S/C19H24N4/c1-3-5-7-10-14(4-2)17-18-16(22-23-17)13-20-19(21-18)15-11-8-6-9-12-15/h3-5,7,10,13,15H,6,8-9,11-12H2,1-2H3,(H,22,23)/b5-3-,10-7-,14-4+. The highest BCUT2D eigenvalue weighted by Gasteiger charge is 2.20. The molecule has 0 aromatic carbocycles. The maximum absolute atomic E-state index is 4.86. The molecule has 0 spiro atoms. The molecular formula is C19H24N4. The Labute approximate surface area is 137 Å². The number of hydrogen-bond donors (Lipinski definition) is 1. The first kappa shape index (κ1) is 15.7. The number of nitrogens with zero attached hydrogens (tertiary/aromatic N) is 3.